The minimum atomic E-state index is -1.14. The molecule has 0 spiro atoms. The largest absolute Gasteiger partial charge is 0.449 e. The zero-order valence-corrected chi connectivity index (χ0v) is 15.5. The van der Waals surface area contributed by atoms with E-state index in [0.29, 0.717) is 15.7 Å². The molecule has 0 radical (unpaired) electrons. The molecule has 138 valence electrons. The number of rotatable bonds is 4. The van der Waals surface area contributed by atoms with Gasteiger partial charge in [0.05, 0.1) is 16.1 Å². The molecular formula is C19H13Cl2NO5. The van der Waals surface area contributed by atoms with E-state index in [1.54, 1.807) is 24.3 Å². The Bertz CT molecular complexity index is 1090. The van der Waals surface area contributed by atoms with E-state index in [4.69, 9.17) is 32.4 Å². The number of fused-ring (bicyclic) bond motifs is 1. The van der Waals surface area contributed by atoms with Gasteiger partial charge in [-0.05, 0) is 37.3 Å². The fourth-order valence-electron chi connectivity index (χ4n) is 2.30. The number of hydrogen-bond donors (Lipinski definition) is 1. The van der Waals surface area contributed by atoms with Crippen molar-refractivity contribution in [1.29, 1.82) is 0 Å². The first kappa shape index (κ1) is 18.9. The summed E-state index contributed by atoms with van der Waals surface area (Å²) in [6.45, 7) is 1.39. The van der Waals surface area contributed by atoms with Crippen LogP contribution in [0.15, 0.2) is 57.7 Å². The molecule has 0 aliphatic rings. The molecule has 3 aromatic rings. The zero-order valence-electron chi connectivity index (χ0n) is 14.0. The van der Waals surface area contributed by atoms with Gasteiger partial charge in [-0.3, -0.25) is 9.59 Å². The van der Waals surface area contributed by atoms with E-state index in [9.17, 15) is 14.4 Å². The second-order valence-electron chi connectivity index (χ2n) is 5.63. The van der Waals surface area contributed by atoms with Gasteiger partial charge in [-0.25, -0.2) is 4.79 Å². The standard InChI is InChI=1S/C19H13Cl2NO5/c1-10(18(24)22-14-5-3-2-4-13(14)21)26-19(25)17-9-15(23)12-8-11(20)6-7-16(12)27-17/h2-10H,1H3,(H,22,24)/t10-/m1/s1. The normalized spacial score (nSPS) is 11.8. The highest BCUT2D eigenvalue weighted by atomic mass is 35.5. The average Bonchev–Trinajstić information content (AvgIpc) is 2.63. The lowest BCUT2D eigenvalue weighted by molar-refractivity contribution is -0.123. The molecule has 0 saturated carbocycles. The highest BCUT2D eigenvalue weighted by Gasteiger charge is 2.22. The number of esters is 1. The fraction of sp³-hybridized carbons (Fsp3) is 0.105. The van der Waals surface area contributed by atoms with Crippen LogP contribution in [0.2, 0.25) is 10.0 Å². The number of ether oxygens (including phenoxy) is 1. The van der Waals surface area contributed by atoms with Crippen molar-refractivity contribution in [3.05, 3.63) is 74.6 Å². The lowest BCUT2D eigenvalue weighted by Gasteiger charge is -2.14. The molecule has 0 bridgehead atoms. The van der Waals surface area contributed by atoms with Crippen molar-refractivity contribution < 1.29 is 18.7 Å². The first-order valence-corrected chi connectivity index (χ1v) is 8.60. The van der Waals surface area contributed by atoms with Gasteiger partial charge in [0, 0.05) is 11.1 Å². The first-order chi connectivity index (χ1) is 12.8. The van der Waals surface area contributed by atoms with Gasteiger partial charge < -0.3 is 14.5 Å². The number of halogens is 2. The zero-order chi connectivity index (χ0) is 19.6. The Hall–Kier alpha value is -2.83. The monoisotopic (exact) mass is 405 g/mol. The van der Waals surface area contributed by atoms with Crippen LogP contribution in [0, 0.1) is 0 Å². The van der Waals surface area contributed by atoms with Gasteiger partial charge in [-0.15, -0.1) is 0 Å². The molecule has 1 aromatic heterocycles. The molecule has 1 N–H and O–H groups in total. The van der Waals surface area contributed by atoms with Crippen molar-refractivity contribution in [3.63, 3.8) is 0 Å². The number of hydrogen-bond acceptors (Lipinski definition) is 5. The van der Waals surface area contributed by atoms with Crippen molar-refractivity contribution in [3.8, 4) is 0 Å². The molecule has 0 aliphatic heterocycles. The van der Waals surface area contributed by atoms with Gasteiger partial charge in [0.15, 0.2) is 11.5 Å². The van der Waals surface area contributed by atoms with Crippen molar-refractivity contribution in [2.45, 2.75) is 13.0 Å². The molecule has 0 saturated heterocycles. The Morgan fingerprint density at radius 1 is 1.11 bits per heavy atom. The Labute approximate surface area is 163 Å². The average molecular weight is 406 g/mol. The molecule has 2 aromatic carbocycles. The maximum Gasteiger partial charge on any atom is 0.375 e. The summed E-state index contributed by atoms with van der Waals surface area (Å²) in [7, 11) is 0. The van der Waals surface area contributed by atoms with Gasteiger partial charge in [0.25, 0.3) is 5.91 Å². The molecular weight excluding hydrogens is 393 g/mol. The van der Waals surface area contributed by atoms with Gasteiger partial charge in [-0.1, -0.05) is 35.3 Å². The molecule has 8 heteroatoms. The van der Waals surface area contributed by atoms with Gasteiger partial charge in [0.2, 0.25) is 5.76 Å². The highest BCUT2D eigenvalue weighted by Crippen LogP contribution is 2.21. The number of anilines is 1. The lowest BCUT2D eigenvalue weighted by atomic mass is 10.2. The van der Waals surface area contributed by atoms with Crippen molar-refractivity contribution in [2.24, 2.45) is 0 Å². The van der Waals surface area contributed by atoms with E-state index >= 15 is 0 Å². The van der Waals surface area contributed by atoms with Crippen molar-refractivity contribution in [2.75, 3.05) is 5.32 Å². The molecule has 6 nitrogen and oxygen atoms in total. The third-order valence-corrected chi connectivity index (χ3v) is 4.24. The molecule has 1 atom stereocenters. The molecule has 1 heterocycles. The van der Waals surface area contributed by atoms with Gasteiger partial charge in [-0.2, -0.15) is 0 Å². The summed E-state index contributed by atoms with van der Waals surface area (Å²) in [5.41, 5.74) is 0.132. The Morgan fingerprint density at radius 3 is 2.59 bits per heavy atom. The smallest absolute Gasteiger partial charge is 0.375 e. The maximum atomic E-state index is 12.3. The van der Waals surface area contributed by atoms with E-state index in [0.717, 1.165) is 6.07 Å². The topological polar surface area (TPSA) is 85.6 Å². The van der Waals surface area contributed by atoms with Crippen LogP contribution in [0.1, 0.15) is 17.5 Å². The van der Waals surface area contributed by atoms with E-state index in [1.807, 2.05) is 0 Å². The van der Waals surface area contributed by atoms with E-state index in [1.165, 1.54) is 25.1 Å². The van der Waals surface area contributed by atoms with Crippen LogP contribution in [-0.2, 0) is 9.53 Å². The van der Waals surface area contributed by atoms with Gasteiger partial charge >= 0.3 is 5.97 Å². The summed E-state index contributed by atoms with van der Waals surface area (Å²) in [6, 6.07) is 12.1. The minimum absolute atomic E-state index is 0.187. The van der Waals surface area contributed by atoms with Crippen LogP contribution in [0.4, 0.5) is 5.69 Å². The number of carbonyl (C=O) groups is 2. The Balaban J connectivity index is 1.75. The van der Waals surface area contributed by atoms with E-state index < -0.39 is 23.4 Å². The van der Waals surface area contributed by atoms with Crippen LogP contribution in [0.25, 0.3) is 11.0 Å². The first-order valence-electron chi connectivity index (χ1n) is 7.85. The summed E-state index contributed by atoms with van der Waals surface area (Å²) in [6.07, 6.45) is -1.14. The quantitative estimate of drug-likeness (QED) is 0.654. The molecule has 1 amide bonds. The number of amides is 1. The third kappa shape index (κ3) is 4.30. The predicted molar refractivity (Wildman–Crippen MR) is 102 cm³/mol. The van der Waals surface area contributed by atoms with Crippen LogP contribution in [-0.4, -0.2) is 18.0 Å². The SMILES string of the molecule is C[C@@H](OC(=O)c1cc(=O)c2cc(Cl)ccc2o1)C(=O)Nc1ccccc1Cl. The van der Waals surface area contributed by atoms with Crippen molar-refractivity contribution in [1.82, 2.24) is 0 Å². The summed E-state index contributed by atoms with van der Waals surface area (Å²) >= 11 is 11.8. The van der Waals surface area contributed by atoms with E-state index in [2.05, 4.69) is 5.32 Å². The molecule has 3 rings (SSSR count). The summed E-state index contributed by atoms with van der Waals surface area (Å²) in [4.78, 5) is 36.6. The number of para-hydroxylation sites is 1. The highest BCUT2D eigenvalue weighted by molar-refractivity contribution is 6.33. The maximum absolute atomic E-state index is 12.3. The summed E-state index contributed by atoms with van der Waals surface area (Å²) in [5, 5.41) is 3.52. The van der Waals surface area contributed by atoms with Crippen LogP contribution in [0.3, 0.4) is 0 Å². The molecule has 0 unspecified atom stereocenters. The minimum Gasteiger partial charge on any atom is -0.449 e. The number of nitrogens with one attached hydrogen (secondary N) is 1. The fourth-order valence-corrected chi connectivity index (χ4v) is 2.65. The second-order valence-corrected chi connectivity index (χ2v) is 6.48. The van der Waals surface area contributed by atoms with Crippen LogP contribution in [0.5, 0.6) is 0 Å². The van der Waals surface area contributed by atoms with Crippen LogP contribution < -0.4 is 10.7 Å². The number of benzene rings is 2. The Morgan fingerprint density at radius 2 is 1.85 bits per heavy atom. The molecule has 0 fully saturated rings. The van der Waals surface area contributed by atoms with Crippen LogP contribution >= 0.6 is 23.2 Å². The Kier molecular flexibility index (Phi) is 5.48. The van der Waals surface area contributed by atoms with Crippen molar-refractivity contribution >= 4 is 51.7 Å². The summed E-state index contributed by atoms with van der Waals surface area (Å²) in [5.74, 6) is -1.83. The summed E-state index contributed by atoms with van der Waals surface area (Å²) < 4.78 is 10.5. The predicted octanol–water partition coefficient (Wildman–Crippen LogP) is 4.28. The van der Waals surface area contributed by atoms with E-state index in [-0.39, 0.29) is 16.7 Å². The lowest BCUT2D eigenvalue weighted by Crippen LogP contribution is -2.30. The van der Waals surface area contributed by atoms with Gasteiger partial charge in [0.1, 0.15) is 5.58 Å². The number of carbonyl (C=O) groups excluding carboxylic acids is 2. The molecule has 0 aliphatic carbocycles. The molecule has 27 heavy (non-hydrogen) atoms. The third-order valence-electron chi connectivity index (χ3n) is 3.68. The second kappa shape index (κ2) is 7.82.